The van der Waals surface area contributed by atoms with Gasteiger partial charge in [0.1, 0.15) is 11.1 Å². The molecule has 2 aromatic carbocycles. The second-order valence-corrected chi connectivity index (χ2v) is 10.1. The molecule has 4 rings (SSSR count). The van der Waals surface area contributed by atoms with Crippen LogP contribution in [0, 0.1) is 0 Å². The molecule has 0 spiro atoms. The standard InChI is InChI=1S/C21H20N4O2S3/c1-14(19(26)27-2)29-20-24-23-18(25(20)12-15-8-4-3-5-9-15)13-28-21-22-16-10-6-7-11-17(16)30-21/h3-11,14H,12-13H2,1-2H3. The van der Waals surface area contributed by atoms with Crippen LogP contribution in [0.2, 0.25) is 0 Å². The van der Waals surface area contributed by atoms with Gasteiger partial charge in [-0.25, -0.2) is 4.98 Å². The highest BCUT2D eigenvalue weighted by molar-refractivity contribution is 8.00. The van der Waals surface area contributed by atoms with Gasteiger partial charge in [0.05, 0.1) is 29.6 Å². The molecule has 0 radical (unpaired) electrons. The fourth-order valence-electron chi connectivity index (χ4n) is 2.85. The average molecular weight is 457 g/mol. The number of rotatable bonds is 8. The third kappa shape index (κ3) is 4.85. The van der Waals surface area contributed by atoms with Crippen LogP contribution in [-0.2, 0) is 21.8 Å². The van der Waals surface area contributed by atoms with Crippen molar-refractivity contribution in [3.8, 4) is 0 Å². The van der Waals surface area contributed by atoms with Gasteiger partial charge < -0.3 is 9.30 Å². The molecule has 0 amide bonds. The van der Waals surface area contributed by atoms with Crippen molar-refractivity contribution in [3.63, 3.8) is 0 Å². The molecular weight excluding hydrogens is 436 g/mol. The van der Waals surface area contributed by atoms with E-state index in [-0.39, 0.29) is 11.2 Å². The zero-order valence-electron chi connectivity index (χ0n) is 16.5. The van der Waals surface area contributed by atoms with Gasteiger partial charge in [0.25, 0.3) is 0 Å². The lowest BCUT2D eigenvalue weighted by atomic mass is 10.2. The van der Waals surface area contributed by atoms with E-state index in [0.717, 1.165) is 21.2 Å². The number of carbonyl (C=O) groups is 1. The predicted molar refractivity (Wildman–Crippen MR) is 122 cm³/mol. The number of thiazole rings is 1. The molecule has 4 aromatic rings. The van der Waals surface area contributed by atoms with E-state index in [2.05, 4.69) is 37.9 Å². The molecule has 0 aliphatic carbocycles. The lowest BCUT2D eigenvalue weighted by molar-refractivity contribution is -0.139. The van der Waals surface area contributed by atoms with E-state index in [1.165, 1.54) is 23.6 Å². The molecule has 0 saturated carbocycles. The molecule has 0 saturated heterocycles. The minimum absolute atomic E-state index is 0.278. The number of nitrogens with zero attached hydrogens (tertiary/aromatic N) is 4. The van der Waals surface area contributed by atoms with Crippen molar-refractivity contribution >= 4 is 51.0 Å². The molecule has 2 heterocycles. The Morgan fingerprint density at radius 3 is 2.67 bits per heavy atom. The molecule has 2 aromatic heterocycles. The Labute approximate surface area is 187 Å². The molecule has 0 bridgehead atoms. The first-order valence-corrected chi connectivity index (χ1v) is 12.0. The van der Waals surface area contributed by atoms with E-state index in [1.807, 2.05) is 43.3 Å². The van der Waals surface area contributed by atoms with E-state index in [9.17, 15) is 4.79 Å². The smallest absolute Gasteiger partial charge is 0.318 e. The van der Waals surface area contributed by atoms with Gasteiger partial charge in [-0.3, -0.25) is 4.79 Å². The summed E-state index contributed by atoms with van der Waals surface area (Å²) in [4.78, 5) is 16.6. The Morgan fingerprint density at radius 2 is 1.90 bits per heavy atom. The van der Waals surface area contributed by atoms with Crippen molar-refractivity contribution in [2.75, 3.05) is 7.11 Å². The Balaban J connectivity index is 1.56. The molecule has 9 heteroatoms. The van der Waals surface area contributed by atoms with Crippen molar-refractivity contribution in [2.45, 2.75) is 34.0 Å². The second-order valence-electron chi connectivity index (χ2n) is 6.49. The van der Waals surface area contributed by atoms with Crippen LogP contribution >= 0.6 is 34.9 Å². The van der Waals surface area contributed by atoms with Crippen LogP contribution in [0.3, 0.4) is 0 Å². The summed E-state index contributed by atoms with van der Waals surface area (Å²) in [6.07, 6.45) is 0. The molecule has 1 atom stereocenters. The summed E-state index contributed by atoms with van der Waals surface area (Å²) in [5.74, 6) is 1.22. The molecule has 0 aliphatic heterocycles. The zero-order chi connectivity index (χ0) is 20.9. The zero-order valence-corrected chi connectivity index (χ0v) is 19.0. The number of fused-ring (bicyclic) bond motifs is 1. The van der Waals surface area contributed by atoms with Crippen molar-refractivity contribution in [1.29, 1.82) is 0 Å². The molecule has 0 fully saturated rings. The number of para-hydroxylation sites is 1. The summed E-state index contributed by atoms with van der Waals surface area (Å²) in [6, 6.07) is 18.3. The molecular formula is C21H20N4O2S3. The fourth-order valence-corrected chi connectivity index (χ4v) is 5.75. The van der Waals surface area contributed by atoms with Crippen LogP contribution < -0.4 is 0 Å². The maximum absolute atomic E-state index is 11.9. The highest BCUT2D eigenvalue weighted by atomic mass is 32.2. The van der Waals surface area contributed by atoms with Crippen LogP contribution in [0.15, 0.2) is 64.1 Å². The molecule has 154 valence electrons. The number of benzene rings is 2. The van der Waals surface area contributed by atoms with Crippen LogP contribution in [0.4, 0.5) is 0 Å². The van der Waals surface area contributed by atoms with Gasteiger partial charge in [-0.15, -0.1) is 21.5 Å². The lowest BCUT2D eigenvalue weighted by Gasteiger charge is -2.12. The summed E-state index contributed by atoms with van der Waals surface area (Å²) in [7, 11) is 1.40. The Bertz CT molecular complexity index is 1110. The molecule has 0 N–H and O–H groups in total. The number of esters is 1. The SMILES string of the molecule is COC(=O)C(C)Sc1nnc(CSc2nc3ccccc3s2)n1Cc1ccccc1. The van der Waals surface area contributed by atoms with Crippen LogP contribution in [0.25, 0.3) is 10.2 Å². The third-order valence-corrected chi connectivity index (χ3v) is 7.63. The van der Waals surface area contributed by atoms with Crippen molar-refractivity contribution in [3.05, 3.63) is 66.0 Å². The van der Waals surface area contributed by atoms with Crippen molar-refractivity contribution < 1.29 is 9.53 Å². The summed E-state index contributed by atoms with van der Waals surface area (Å²) in [6.45, 7) is 2.45. The summed E-state index contributed by atoms with van der Waals surface area (Å²) < 4.78 is 9.10. The van der Waals surface area contributed by atoms with Gasteiger partial charge >= 0.3 is 5.97 Å². The summed E-state index contributed by atoms with van der Waals surface area (Å²) in [5.41, 5.74) is 2.16. The van der Waals surface area contributed by atoms with E-state index in [0.29, 0.717) is 17.5 Å². The highest BCUT2D eigenvalue weighted by Crippen LogP contribution is 2.32. The number of carbonyl (C=O) groups excluding carboxylic acids is 1. The summed E-state index contributed by atoms with van der Waals surface area (Å²) in [5, 5.41) is 9.12. The van der Waals surface area contributed by atoms with Gasteiger partial charge in [-0.05, 0) is 24.6 Å². The van der Waals surface area contributed by atoms with Gasteiger partial charge in [0.15, 0.2) is 9.50 Å². The fraction of sp³-hybridized carbons (Fsp3) is 0.238. The van der Waals surface area contributed by atoms with E-state index in [4.69, 9.17) is 4.74 Å². The van der Waals surface area contributed by atoms with E-state index < -0.39 is 0 Å². The Kier molecular flexibility index (Phi) is 6.71. The number of aromatic nitrogens is 4. The van der Waals surface area contributed by atoms with Crippen LogP contribution in [0.5, 0.6) is 0 Å². The number of hydrogen-bond acceptors (Lipinski definition) is 8. The van der Waals surface area contributed by atoms with Crippen LogP contribution in [0.1, 0.15) is 18.3 Å². The quantitative estimate of drug-likeness (QED) is 0.276. The van der Waals surface area contributed by atoms with Crippen LogP contribution in [-0.4, -0.2) is 38.1 Å². The Morgan fingerprint density at radius 1 is 1.13 bits per heavy atom. The van der Waals surface area contributed by atoms with E-state index in [1.54, 1.807) is 23.1 Å². The molecule has 6 nitrogen and oxygen atoms in total. The van der Waals surface area contributed by atoms with Gasteiger partial charge in [0, 0.05) is 0 Å². The average Bonchev–Trinajstić information content (AvgIpc) is 3.36. The van der Waals surface area contributed by atoms with Gasteiger partial charge in [-0.2, -0.15) is 0 Å². The molecule has 30 heavy (non-hydrogen) atoms. The number of hydrogen-bond donors (Lipinski definition) is 0. The van der Waals surface area contributed by atoms with Crippen molar-refractivity contribution in [2.24, 2.45) is 0 Å². The number of methoxy groups -OCH3 is 1. The van der Waals surface area contributed by atoms with E-state index >= 15 is 0 Å². The van der Waals surface area contributed by atoms with Gasteiger partial charge in [-0.1, -0.05) is 66.0 Å². The summed E-state index contributed by atoms with van der Waals surface area (Å²) >= 11 is 4.69. The maximum Gasteiger partial charge on any atom is 0.318 e. The predicted octanol–water partition coefficient (Wildman–Crippen LogP) is 4.88. The first-order chi connectivity index (χ1) is 14.6. The van der Waals surface area contributed by atoms with Gasteiger partial charge in [0.2, 0.25) is 0 Å². The molecule has 0 aliphatic rings. The minimum atomic E-state index is -0.363. The maximum atomic E-state index is 11.9. The normalized spacial score (nSPS) is 12.2. The molecule has 1 unspecified atom stereocenters. The Hall–Kier alpha value is -2.36. The second kappa shape index (κ2) is 9.63. The third-order valence-electron chi connectivity index (χ3n) is 4.39. The largest absolute Gasteiger partial charge is 0.468 e. The number of ether oxygens (including phenoxy) is 1. The number of thioether (sulfide) groups is 2. The first kappa shape index (κ1) is 20.9. The minimum Gasteiger partial charge on any atom is -0.468 e. The lowest BCUT2D eigenvalue weighted by Crippen LogP contribution is -2.16. The first-order valence-electron chi connectivity index (χ1n) is 9.33. The highest BCUT2D eigenvalue weighted by Gasteiger charge is 2.21. The topological polar surface area (TPSA) is 69.9 Å². The monoisotopic (exact) mass is 456 g/mol. The van der Waals surface area contributed by atoms with Crippen molar-refractivity contribution in [1.82, 2.24) is 19.7 Å².